The number of terminal acetylenes is 1. The Morgan fingerprint density at radius 2 is 1.81 bits per heavy atom. The van der Waals surface area contributed by atoms with Crippen molar-refractivity contribution < 1.29 is 23.8 Å². The molecule has 0 spiro atoms. The second kappa shape index (κ2) is 13.4. The van der Waals surface area contributed by atoms with Crippen molar-refractivity contribution in [3.63, 3.8) is 0 Å². The number of allylic oxidation sites excluding steroid dienone is 1. The first-order chi connectivity index (χ1) is 12.4. The predicted octanol–water partition coefficient (Wildman–Crippen LogP) is 3.61. The van der Waals surface area contributed by atoms with Crippen molar-refractivity contribution in [2.24, 2.45) is 5.41 Å². The van der Waals surface area contributed by atoms with Crippen molar-refractivity contribution in [1.29, 1.82) is 0 Å². The van der Waals surface area contributed by atoms with Crippen LogP contribution >= 0.6 is 15.9 Å². The molecule has 5 nitrogen and oxygen atoms in total. The zero-order chi connectivity index (χ0) is 20.0. The van der Waals surface area contributed by atoms with E-state index in [-0.39, 0.29) is 32.2 Å². The van der Waals surface area contributed by atoms with Crippen molar-refractivity contribution in [3.8, 4) is 24.2 Å². The number of methoxy groups -OCH3 is 1. The Morgan fingerprint density at radius 3 is 2.23 bits per heavy atom. The lowest BCUT2D eigenvalue weighted by Crippen LogP contribution is -2.42. The van der Waals surface area contributed by atoms with Crippen LogP contribution in [0.15, 0.2) is 11.1 Å². The first-order valence-electron chi connectivity index (χ1n) is 8.50. The SMILES string of the molecule is C#CCCCC(C#CCC(CC(=C)Br)(C(=O)OCC)C(=O)OCC)OC. The fourth-order valence-corrected chi connectivity index (χ4v) is 2.73. The van der Waals surface area contributed by atoms with Crippen LogP contribution in [0.3, 0.4) is 0 Å². The molecule has 0 amide bonds. The van der Waals surface area contributed by atoms with Gasteiger partial charge in [0, 0.05) is 26.4 Å². The topological polar surface area (TPSA) is 61.8 Å². The van der Waals surface area contributed by atoms with Crippen LogP contribution in [0.25, 0.3) is 0 Å². The molecule has 6 heteroatoms. The molecule has 0 aliphatic rings. The summed E-state index contributed by atoms with van der Waals surface area (Å²) in [6.07, 6.45) is 7.00. The summed E-state index contributed by atoms with van der Waals surface area (Å²) in [5, 5.41) is 0. The molecule has 144 valence electrons. The van der Waals surface area contributed by atoms with Gasteiger partial charge in [0.2, 0.25) is 0 Å². The fourth-order valence-electron chi connectivity index (χ4n) is 2.25. The van der Waals surface area contributed by atoms with E-state index in [0.29, 0.717) is 17.3 Å². The number of hydrogen-bond donors (Lipinski definition) is 0. The Kier molecular flexibility index (Phi) is 12.5. The Morgan fingerprint density at radius 1 is 1.23 bits per heavy atom. The van der Waals surface area contributed by atoms with Crippen LogP contribution < -0.4 is 0 Å². The molecule has 1 atom stereocenters. The highest BCUT2D eigenvalue weighted by Gasteiger charge is 2.48. The first-order valence-corrected chi connectivity index (χ1v) is 9.29. The van der Waals surface area contributed by atoms with Crippen molar-refractivity contribution in [3.05, 3.63) is 11.1 Å². The quantitative estimate of drug-likeness (QED) is 0.218. The molecule has 0 aromatic carbocycles. The normalized spacial score (nSPS) is 11.5. The Labute approximate surface area is 165 Å². The van der Waals surface area contributed by atoms with E-state index in [0.717, 1.165) is 6.42 Å². The molecular weight excluding hydrogens is 400 g/mol. The summed E-state index contributed by atoms with van der Waals surface area (Å²) in [7, 11) is 1.56. The summed E-state index contributed by atoms with van der Waals surface area (Å²) in [5.74, 6) is 7.07. The number of halogens is 1. The van der Waals surface area contributed by atoms with E-state index < -0.39 is 17.4 Å². The Bertz CT molecular complexity index is 561. The van der Waals surface area contributed by atoms with E-state index >= 15 is 0 Å². The minimum absolute atomic E-state index is 0.0358. The van der Waals surface area contributed by atoms with E-state index in [1.54, 1.807) is 21.0 Å². The molecule has 1 unspecified atom stereocenters. The number of carbonyl (C=O) groups excluding carboxylic acids is 2. The third-order valence-corrected chi connectivity index (χ3v) is 3.83. The van der Waals surface area contributed by atoms with Crippen LogP contribution in [0.2, 0.25) is 0 Å². The average Bonchev–Trinajstić information content (AvgIpc) is 2.59. The predicted molar refractivity (Wildman–Crippen MR) is 104 cm³/mol. The van der Waals surface area contributed by atoms with Crippen molar-refractivity contribution in [2.75, 3.05) is 20.3 Å². The Hall–Kier alpha value is -1.76. The van der Waals surface area contributed by atoms with Gasteiger partial charge in [0.1, 0.15) is 6.10 Å². The van der Waals surface area contributed by atoms with Gasteiger partial charge in [-0.1, -0.05) is 34.3 Å². The van der Waals surface area contributed by atoms with Gasteiger partial charge in [0.05, 0.1) is 13.2 Å². The highest BCUT2D eigenvalue weighted by atomic mass is 79.9. The van der Waals surface area contributed by atoms with Gasteiger partial charge in [-0.3, -0.25) is 9.59 Å². The van der Waals surface area contributed by atoms with E-state index in [1.807, 2.05) is 0 Å². The molecule has 0 aromatic heterocycles. The maximum Gasteiger partial charge on any atom is 0.324 e. The number of esters is 2. The standard InChI is InChI=1S/C20H27BrO5/c1-6-9-10-12-17(24-5)13-11-14-20(15-16(4)21,18(22)25-7-2)19(23)26-8-3/h1,17H,4,7-10,12,14-15H2,2-3,5H3. The summed E-state index contributed by atoms with van der Waals surface area (Å²) in [6, 6.07) is 0. The molecule has 0 aliphatic heterocycles. The second-order valence-electron chi connectivity index (χ2n) is 5.54. The van der Waals surface area contributed by atoms with Crippen LogP contribution in [0.5, 0.6) is 0 Å². The van der Waals surface area contributed by atoms with Gasteiger partial charge in [0.15, 0.2) is 5.41 Å². The van der Waals surface area contributed by atoms with Gasteiger partial charge in [-0.15, -0.1) is 12.3 Å². The molecule has 0 saturated heterocycles. The smallest absolute Gasteiger partial charge is 0.324 e. The van der Waals surface area contributed by atoms with Crippen molar-refractivity contribution >= 4 is 27.9 Å². The molecule has 0 bridgehead atoms. The van der Waals surface area contributed by atoms with Crippen LogP contribution in [0, 0.1) is 29.6 Å². The molecule has 0 aromatic rings. The molecule has 0 heterocycles. The molecule has 0 aliphatic carbocycles. The van der Waals surface area contributed by atoms with E-state index in [4.69, 9.17) is 20.6 Å². The monoisotopic (exact) mass is 426 g/mol. The average molecular weight is 427 g/mol. The van der Waals surface area contributed by atoms with E-state index in [2.05, 4.69) is 40.3 Å². The van der Waals surface area contributed by atoms with Crippen LogP contribution in [-0.4, -0.2) is 38.4 Å². The number of unbranched alkanes of at least 4 members (excludes halogenated alkanes) is 1. The summed E-state index contributed by atoms with van der Waals surface area (Å²) in [6.45, 7) is 7.39. The fraction of sp³-hybridized carbons (Fsp3) is 0.600. The van der Waals surface area contributed by atoms with E-state index in [1.165, 1.54) is 0 Å². The van der Waals surface area contributed by atoms with Crippen LogP contribution in [0.4, 0.5) is 0 Å². The lowest BCUT2D eigenvalue weighted by atomic mass is 9.81. The summed E-state index contributed by atoms with van der Waals surface area (Å²) >= 11 is 3.22. The summed E-state index contributed by atoms with van der Waals surface area (Å²) in [4.78, 5) is 25.1. The maximum atomic E-state index is 12.6. The highest BCUT2D eigenvalue weighted by Crippen LogP contribution is 2.35. The molecule has 26 heavy (non-hydrogen) atoms. The third-order valence-electron chi connectivity index (χ3n) is 3.55. The van der Waals surface area contributed by atoms with Crippen LogP contribution in [-0.2, 0) is 23.8 Å². The van der Waals surface area contributed by atoms with Crippen molar-refractivity contribution in [1.82, 2.24) is 0 Å². The number of hydrogen-bond acceptors (Lipinski definition) is 5. The minimum Gasteiger partial charge on any atom is -0.465 e. The van der Waals surface area contributed by atoms with Gasteiger partial charge in [-0.05, 0) is 31.2 Å². The largest absolute Gasteiger partial charge is 0.465 e. The summed E-state index contributed by atoms with van der Waals surface area (Å²) in [5.41, 5.74) is -1.56. The first kappa shape index (κ1) is 24.2. The molecular formula is C20H27BrO5. The molecule has 0 fully saturated rings. The van der Waals surface area contributed by atoms with Crippen LogP contribution in [0.1, 0.15) is 46.0 Å². The van der Waals surface area contributed by atoms with Gasteiger partial charge in [-0.2, -0.15) is 0 Å². The molecule has 0 N–H and O–H groups in total. The molecule has 0 saturated carbocycles. The Balaban J connectivity index is 5.54. The highest BCUT2D eigenvalue weighted by molar-refractivity contribution is 9.11. The lowest BCUT2D eigenvalue weighted by molar-refractivity contribution is -0.171. The minimum atomic E-state index is -1.56. The number of ether oxygens (including phenoxy) is 3. The van der Waals surface area contributed by atoms with Gasteiger partial charge in [-0.25, -0.2) is 0 Å². The summed E-state index contributed by atoms with van der Waals surface area (Å²) < 4.78 is 16.0. The maximum absolute atomic E-state index is 12.6. The zero-order valence-electron chi connectivity index (χ0n) is 15.7. The number of rotatable bonds is 11. The lowest BCUT2D eigenvalue weighted by Gasteiger charge is -2.27. The van der Waals surface area contributed by atoms with E-state index in [9.17, 15) is 9.59 Å². The zero-order valence-corrected chi connectivity index (χ0v) is 17.3. The van der Waals surface area contributed by atoms with Gasteiger partial charge in [0.25, 0.3) is 0 Å². The number of carbonyl (C=O) groups is 2. The molecule has 0 rings (SSSR count). The van der Waals surface area contributed by atoms with Gasteiger partial charge >= 0.3 is 11.9 Å². The molecule has 0 radical (unpaired) electrons. The van der Waals surface area contributed by atoms with Gasteiger partial charge < -0.3 is 14.2 Å². The van der Waals surface area contributed by atoms with Crippen molar-refractivity contribution in [2.45, 2.75) is 52.1 Å². The third kappa shape index (κ3) is 8.08. The second-order valence-corrected chi connectivity index (χ2v) is 6.66.